The second-order valence-electron chi connectivity index (χ2n) is 9.16. The zero-order chi connectivity index (χ0) is 24.3. The molecule has 0 bridgehead atoms. The van der Waals surface area contributed by atoms with E-state index in [2.05, 4.69) is 5.16 Å². The van der Waals surface area contributed by atoms with Crippen molar-refractivity contribution >= 4 is 21.9 Å². The van der Waals surface area contributed by atoms with Crippen LogP contribution < -0.4 is 10.4 Å². The summed E-state index contributed by atoms with van der Waals surface area (Å²) in [6, 6.07) is 5.84. The summed E-state index contributed by atoms with van der Waals surface area (Å²) in [6.45, 7) is 9.90. The lowest BCUT2D eigenvalue weighted by Crippen LogP contribution is -2.27. The Bertz CT molecular complexity index is 1580. The molecule has 1 atom stereocenters. The molecule has 0 aliphatic heterocycles. The third-order valence-electron chi connectivity index (χ3n) is 6.60. The molecule has 8 heteroatoms. The number of imidazole rings is 1. The molecule has 1 unspecified atom stereocenters. The molecule has 0 radical (unpaired) electrons. The van der Waals surface area contributed by atoms with Crippen molar-refractivity contribution in [3.05, 3.63) is 64.3 Å². The molecule has 176 valence electrons. The molecule has 0 fully saturated rings. The Balaban J connectivity index is 1.85. The first kappa shape index (κ1) is 22.0. The van der Waals surface area contributed by atoms with Crippen molar-refractivity contribution in [1.29, 1.82) is 0 Å². The Morgan fingerprint density at radius 2 is 1.88 bits per heavy atom. The van der Waals surface area contributed by atoms with Crippen LogP contribution in [0, 0.1) is 13.8 Å². The fourth-order valence-electron chi connectivity index (χ4n) is 4.95. The first-order valence-electron chi connectivity index (χ1n) is 11.4. The number of aryl methyl sites for hydroxylation is 3. The van der Waals surface area contributed by atoms with Crippen LogP contribution in [0.4, 0.5) is 0 Å². The second kappa shape index (κ2) is 7.90. The van der Waals surface area contributed by atoms with Gasteiger partial charge in [0.1, 0.15) is 11.5 Å². The summed E-state index contributed by atoms with van der Waals surface area (Å²) in [6.07, 6.45) is 5.84. The summed E-state index contributed by atoms with van der Waals surface area (Å²) in [5.41, 5.74) is 6.01. The Labute approximate surface area is 197 Å². The standard InChI is InChI=1S/C26H29N5O3/c1-14(2)30-25-19-11-23(33-7)20(24-15(3)28-34-17(24)5)10-21(19)27-12-22(25)31(26(30)32)16(4)18-8-9-29(6)13-18/h8-14,16H,1-7H3. The normalized spacial score (nSPS) is 12.8. The second-order valence-corrected chi connectivity index (χ2v) is 9.16. The van der Waals surface area contributed by atoms with Crippen LogP contribution in [0.15, 0.2) is 46.1 Å². The number of hydrogen-bond donors (Lipinski definition) is 0. The fourth-order valence-corrected chi connectivity index (χ4v) is 4.95. The quantitative estimate of drug-likeness (QED) is 0.363. The van der Waals surface area contributed by atoms with Gasteiger partial charge in [0.2, 0.25) is 0 Å². The van der Waals surface area contributed by atoms with Gasteiger partial charge in [-0.15, -0.1) is 0 Å². The lowest BCUT2D eigenvalue weighted by atomic mass is 10.0. The summed E-state index contributed by atoms with van der Waals surface area (Å²) < 4.78 is 16.9. The van der Waals surface area contributed by atoms with Gasteiger partial charge in [-0.2, -0.15) is 0 Å². The molecule has 0 amide bonds. The lowest BCUT2D eigenvalue weighted by Gasteiger charge is -2.13. The van der Waals surface area contributed by atoms with Gasteiger partial charge in [0, 0.05) is 36.4 Å². The van der Waals surface area contributed by atoms with Crippen LogP contribution in [0.5, 0.6) is 5.75 Å². The van der Waals surface area contributed by atoms with Crippen molar-refractivity contribution in [3.8, 4) is 16.9 Å². The van der Waals surface area contributed by atoms with Gasteiger partial charge in [-0.1, -0.05) is 5.16 Å². The minimum Gasteiger partial charge on any atom is -0.496 e. The highest BCUT2D eigenvalue weighted by atomic mass is 16.5. The number of nitrogens with zero attached hydrogens (tertiary/aromatic N) is 5. The van der Waals surface area contributed by atoms with E-state index in [1.165, 1.54) is 0 Å². The van der Waals surface area contributed by atoms with Crippen LogP contribution in [0.2, 0.25) is 0 Å². The number of methoxy groups -OCH3 is 1. The molecule has 0 aliphatic rings. The van der Waals surface area contributed by atoms with Gasteiger partial charge in [0.05, 0.1) is 47.2 Å². The van der Waals surface area contributed by atoms with Crippen molar-refractivity contribution < 1.29 is 9.26 Å². The van der Waals surface area contributed by atoms with E-state index in [0.29, 0.717) is 5.75 Å². The number of rotatable bonds is 5. The number of ether oxygens (including phenoxy) is 1. The molecule has 4 heterocycles. The van der Waals surface area contributed by atoms with Gasteiger partial charge in [-0.25, -0.2) is 4.79 Å². The van der Waals surface area contributed by atoms with Gasteiger partial charge in [0.15, 0.2) is 0 Å². The monoisotopic (exact) mass is 459 g/mol. The molecule has 1 aromatic carbocycles. The van der Waals surface area contributed by atoms with Gasteiger partial charge in [0.25, 0.3) is 0 Å². The number of benzene rings is 1. The van der Waals surface area contributed by atoms with Gasteiger partial charge >= 0.3 is 5.69 Å². The van der Waals surface area contributed by atoms with Crippen LogP contribution in [0.3, 0.4) is 0 Å². The average Bonchev–Trinajstić information content (AvgIpc) is 3.47. The SMILES string of the molecule is COc1cc2c(cc1-c1c(C)noc1C)ncc1c2n(C(C)C)c(=O)n1C(C)c1ccn(C)c1. The first-order chi connectivity index (χ1) is 16.2. The maximum Gasteiger partial charge on any atom is 0.329 e. The van der Waals surface area contributed by atoms with E-state index < -0.39 is 0 Å². The van der Waals surface area contributed by atoms with E-state index in [4.69, 9.17) is 14.2 Å². The van der Waals surface area contributed by atoms with Gasteiger partial charge in [-0.05, 0) is 58.4 Å². The van der Waals surface area contributed by atoms with Crippen LogP contribution in [0.25, 0.3) is 33.1 Å². The Hall–Kier alpha value is -3.81. The Kier molecular flexibility index (Phi) is 5.11. The summed E-state index contributed by atoms with van der Waals surface area (Å²) in [5.74, 6) is 1.40. The van der Waals surface area contributed by atoms with Crippen LogP contribution in [-0.4, -0.2) is 31.0 Å². The summed E-state index contributed by atoms with van der Waals surface area (Å²) in [5, 5.41) is 4.97. The highest BCUT2D eigenvalue weighted by Crippen LogP contribution is 2.39. The van der Waals surface area contributed by atoms with Crippen molar-refractivity contribution in [3.63, 3.8) is 0 Å². The third-order valence-corrected chi connectivity index (χ3v) is 6.60. The molecular weight excluding hydrogens is 430 g/mol. The van der Waals surface area contributed by atoms with Crippen molar-refractivity contribution in [2.75, 3.05) is 7.11 Å². The first-order valence-corrected chi connectivity index (χ1v) is 11.4. The summed E-state index contributed by atoms with van der Waals surface area (Å²) in [4.78, 5) is 18.5. The van der Waals surface area contributed by atoms with E-state index in [-0.39, 0.29) is 17.8 Å². The zero-order valence-corrected chi connectivity index (χ0v) is 20.6. The minimum absolute atomic E-state index is 0.0296. The summed E-state index contributed by atoms with van der Waals surface area (Å²) >= 11 is 0. The molecule has 5 rings (SSSR count). The molecule has 5 aromatic rings. The highest BCUT2D eigenvalue weighted by molar-refractivity contribution is 6.05. The molecule has 0 aliphatic carbocycles. The fraction of sp³-hybridized carbons (Fsp3) is 0.346. The Morgan fingerprint density at radius 3 is 2.47 bits per heavy atom. The van der Waals surface area contributed by atoms with Crippen molar-refractivity contribution in [2.24, 2.45) is 7.05 Å². The predicted octanol–water partition coefficient (Wildman–Crippen LogP) is 5.16. The molecule has 8 nitrogen and oxygen atoms in total. The lowest BCUT2D eigenvalue weighted by molar-refractivity contribution is 0.393. The predicted molar refractivity (Wildman–Crippen MR) is 133 cm³/mol. The van der Waals surface area contributed by atoms with Crippen LogP contribution in [0.1, 0.15) is 49.9 Å². The maximum absolute atomic E-state index is 13.7. The van der Waals surface area contributed by atoms with E-state index in [0.717, 1.165) is 50.1 Å². The molecule has 0 saturated carbocycles. The molecule has 4 aromatic heterocycles. The zero-order valence-electron chi connectivity index (χ0n) is 20.6. The number of hydrogen-bond acceptors (Lipinski definition) is 5. The smallest absolute Gasteiger partial charge is 0.329 e. The Morgan fingerprint density at radius 1 is 1.12 bits per heavy atom. The van der Waals surface area contributed by atoms with E-state index in [1.807, 2.05) is 86.0 Å². The van der Waals surface area contributed by atoms with Gasteiger partial charge in [-0.3, -0.25) is 14.1 Å². The molecule has 34 heavy (non-hydrogen) atoms. The van der Waals surface area contributed by atoms with Gasteiger partial charge < -0.3 is 13.8 Å². The van der Waals surface area contributed by atoms with E-state index in [1.54, 1.807) is 13.3 Å². The molecular formula is C26H29N5O3. The van der Waals surface area contributed by atoms with E-state index in [9.17, 15) is 4.79 Å². The van der Waals surface area contributed by atoms with Crippen molar-refractivity contribution in [1.82, 2.24) is 23.8 Å². The topological polar surface area (TPSA) is 80.0 Å². The third kappa shape index (κ3) is 3.16. The molecule has 0 N–H and O–H groups in total. The average molecular weight is 460 g/mol. The summed E-state index contributed by atoms with van der Waals surface area (Å²) in [7, 11) is 3.63. The molecule has 0 spiro atoms. The maximum atomic E-state index is 13.7. The number of pyridine rings is 1. The van der Waals surface area contributed by atoms with Crippen LogP contribution in [-0.2, 0) is 7.05 Å². The van der Waals surface area contributed by atoms with E-state index >= 15 is 0 Å². The van der Waals surface area contributed by atoms with Crippen LogP contribution >= 0.6 is 0 Å². The number of aromatic nitrogens is 5. The van der Waals surface area contributed by atoms with Crippen molar-refractivity contribution in [2.45, 2.75) is 46.7 Å². The highest BCUT2D eigenvalue weighted by Gasteiger charge is 2.24. The number of fused-ring (bicyclic) bond motifs is 3. The minimum atomic E-state index is -0.140. The largest absolute Gasteiger partial charge is 0.496 e. The molecule has 0 saturated heterocycles.